The summed E-state index contributed by atoms with van der Waals surface area (Å²) in [7, 11) is 1.57. The molecule has 3 aromatic carbocycles. The molecular formula is C32H28N4O4S. The summed E-state index contributed by atoms with van der Waals surface area (Å²) in [6.07, 6.45) is 0. The number of ether oxygens (including phenoxy) is 1. The second-order valence-corrected chi connectivity index (χ2v) is 11.1. The zero-order valence-electron chi connectivity index (χ0n) is 23.0. The molecule has 1 aromatic heterocycles. The number of thiazole rings is 1. The zero-order valence-corrected chi connectivity index (χ0v) is 23.9. The molecule has 0 aliphatic carbocycles. The number of anilines is 2. The third-order valence-corrected chi connectivity index (χ3v) is 8.35. The summed E-state index contributed by atoms with van der Waals surface area (Å²) < 4.78 is 7.31. The zero-order chi connectivity index (χ0) is 28.8. The van der Waals surface area contributed by atoms with Crippen LogP contribution >= 0.6 is 11.3 Å². The minimum absolute atomic E-state index is 0.0927. The summed E-state index contributed by atoms with van der Waals surface area (Å²) >= 11 is 1.17. The van der Waals surface area contributed by atoms with Gasteiger partial charge < -0.3 is 15.0 Å². The van der Waals surface area contributed by atoms with Crippen molar-refractivity contribution < 1.29 is 14.3 Å². The molecule has 0 radical (unpaired) electrons. The van der Waals surface area contributed by atoms with E-state index in [1.165, 1.54) is 15.9 Å². The molecule has 8 nitrogen and oxygen atoms in total. The maximum absolute atomic E-state index is 14.3. The predicted molar refractivity (Wildman–Crippen MR) is 160 cm³/mol. The number of nitrogens with one attached hydrogen (secondary N) is 1. The van der Waals surface area contributed by atoms with Gasteiger partial charge in [-0.25, -0.2) is 4.99 Å². The Balaban J connectivity index is 1.60. The van der Waals surface area contributed by atoms with E-state index in [1.54, 1.807) is 31.1 Å². The molecule has 206 valence electrons. The van der Waals surface area contributed by atoms with E-state index in [1.807, 2.05) is 80.6 Å². The molecule has 9 heteroatoms. The lowest BCUT2D eigenvalue weighted by Crippen LogP contribution is -2.41. The van der Waals surface area contributed by atoms with Crippen molar-refractivity contribution in [3.63, 3.8) is 0 Å². The molecule has 1 atom stereocenters. The number of hydrogen-bond donors (Lipinski definition) is 1. The van der Waals surface area contributed by atoms with E-state index < -0.39 is 6.04 Å². The lowest BCUT2D eigenvalue weighted by Gasteiger charge is -2.25. The third-order valence-electron chi connectivity index (χ3n) is 7.29. The maximum atomic E-state index is 14.3. The molecule has 1 N–H and O–H groups in total. The lowest BCUT2D eigenvalue weighted by atomic mass is 9.95. The SMILES string of the molecule is COc1cccc([C@H]2C(C(=O)Nc3ccccc3)=C(C)N=c3s/c(=C4/C(=O)N(C(C)C)c5ccccc54)c(=O)n32)c1. The number of nitrogens with zero attached hydrogens (tertiary/aromatic N) is 3. The Hall–Kier alpha value is -4.76. The quantitative estimate of drug-likeness (QED) is 0.397. The van der Waals surface area contributed by atoms with Gasteiger partial charge in [0.05, 0.1) is 35.7 Å². The van der Waals surface area contributed by atoms with Crippen molar-refractivity contribution in [1.82, 2.24) is 4.57 Å². The van der Waals surface area contributed by atoms with Gasteiger partial charge in [-0.05, 0) is 56.7 Å². The van der Waals surface area contributed by atoms with Crippen LogP contribution in [0, 0.1) is 0 Å². The first-order valence-corrected chi connectivity index (χ1v) is 14.1. The normalized spacial score (nSPS) is 17.3. The number of methoxy groups -OCH3 is 1. The summed E-state index contributed by atoms with van der Waals surface area (Å²) in [4.78, 5) is 48.8. The van der Waals surface area contributed by atoms with Crippen LogP contribution in [0.25, 0.3) is 5.57 Å². The van der Waals surface area contributed by atoms with E-state index in [2.05, 4.69) is 5.32 Å². The van der Waals surface area contributed by atoms with Crippen LogP contribution in [0.1, 0.15) is 37.9 Å². The molecule has 6 rings (SSSR count). The van der Waals surface area contributed by atoms with Crippen molar-refractivity contribution in [1.29, 1.82) is 0 Å². The summed E-state index contributed by atoms with van der Waals surface area (Å²) in [5.74, 6) is 0.0102. The van der Waals surface area contributed by atoms with Crippen LogP contribution in [0.4, 0.5) is 11.4 Å². The van der Waals surface area contributed by atoms with Crippen LogP contribution in [-0.4, -0.2) is 29.5 Å². The largest absolute Gasteiger partial charge is 0.497 e. The van der Waals surface area contributed by atoms with Crippen molar-refractivity contribution in [2.45, 2.75) is 32.9 Å². The molecule has 41 heavy (non-hydrogen) atoms. The fourth-order valence-electron chi connectivity index (χ4n) is 5.48. The van der Waals surface area contributed by atoms with Gasteiger partial charge in [0.2, 0.25) is 0 Å². The number of para-hydroxylation sites is 2. The first-order chi connectivity index (χ1) is 19.8. The molecular weight excluding hydrogens is 536 g/mol. The van der Waals surface area contributed by atoms with Crippen LogP contribution in [0.5, 0.6) is 5.75 Å². The number of fused-ring (bicyclic) bond motifs is 2. The Labute approximate surface area is 240 Å². The highest BCUT2D eigenvalue weighted by atomic mass is 32.1. The third kappa shape index (κ3) is 4.38. The number of amides is 2. The Morgan fingerprint density at radius 3 is 2.46 bits per heavy atom. The molecule has 0 saturated carbocycles. The standard InChI is InChI=1S/C32H28N4O4S/c1-18(2)35-24-16-9-8-15-23(24)26(30(35)38)28-31(39)36-27(20-11-10-14-22(17-20)40-4)25(19(3)33-32(36)41-28)29(37)34-21-12-6-5-7-13-21/h5-18,27H,1-4H3,(H,34,37)/b28-26+/t27-/m0/s1. The number of benzene rings is 3. The predicted octanol–water partition coefficient (Wildman–Crippen LogP) is 4.01. The van der Waals surface area contributed by atoms with Crippen LogP contribution < -0.4 is 29.8 Å². The van der Waals surface area contributed by atoms with Gasteiger partial charge in [0.25, 0.3) is 17.4 Å². The van der Waals surface area contributed by atoms with Gasteiger partial charge in [0, 0.05) is 17.3 Å². The van der Waals surface area contributed by atoms with E-state index in [0.717, 1.165) is 5.69 Å². The minimum Gasteiger partial charge on any atom is -0.497 e. The van der Waals surface area contributed by atoms with E-state index >= 15 is 0 Å². The smallest absolute Gasteiger partial charge is 0.271 e. The van der Waals surface area contributed by atoms with E-state index in [9.17, 15) is 14.4 Å². The molecule has 3 heterocycles. The summed E-state index contributed by atoms with van der Waals surface area (Å²) in [5.41, 5.74) is 3.63. The average molecular weight is 565 g/mol. The molecule has 0 bridgehead atoms. The highest BCUT2D eigenvalue weighted by Gasteiger charge is 2.38. The topological polar surface area (TPSA) is 93.0 Å². The first-order valence-electron chi connectivity index (χ1n) is 13.3. The van der Waals surface area contributed by atoms with Crippen LogP contribution in [0.15, 0.2) is 99.9 Å². The van der Waals surface area contributed by atoms with Gasteiger partial charge in [0.15, 0.2) is 4.80 Å². The van der Waals surface area contributed by atoms with Crippen molar-refractivity contribution in [2.24, 2.45) is 4.99 Å². The summed E-state index contributed by atoms with van der Waals surface area (Å²) in [6, 6.07) is 23.1. The van der Waals surface area contributed by atoms with Gasteiger partial charge in [-0.3, -0.25) is 19.0 Å². The molecule has 2 amide bonds. The van der Waals surface area contributed by atoms with Gasteiger partial charge in [-0.15, -0.1) is 0 Å². The van der Waals surface area contributed by atoms with E-state index in [0.29, 0.717) is 48.7 Å². The molecule has 2 aliphatic heterocycles. The number of aromatic nitrogens is 1. The number of carbonyl (C=O) groups is 2. The van der Waals surface area contributed by atoms with Crippen LogP contribution in [-0.2, 0) is 9.59 Å². The number of hydrogen-bond acceptors (Lipinski definition) is 6. The minimum atomic E-state index is -0.785. The molecule has 0 spiro atoms. The number of allylic oxidation sites excluding steroid dienone is 1. The Bertz CT molecular complexity index is 1920. The van der Waals surface area contributed by atoms with Crippen molar-refractivity contribution in [2.75, 3.05) is 17.3 Å². The van der Waals surface area contributed by atoms with Gasteiger partial charge >= 0.3 is 0 Å². The highest BCUT2D eigenvalue weighted by molar-refractivity contribution is 7.07. The Kier molecular flexibility index (Phi) is 6.67. The number of carbonyl (C=O) groups excluding carboxylic acids is 2. The summed E-state index contributed by atoms with van der Waals surface area (Å²) in [6.45, 7) is 5.66. The van der Waals surface area contributed by atoms with E-state index in [-0.39, 0.29) is 23.4 Å². The molecule has 4 aromatic rings. The first kappa shape index (κ1) is 26.5. The van der Waals surface area contributed by atoms with E-state index in [4.69, 9.17) is 9.73 Å². The molecule has 2 aliphatic rings. The summed E-state index contributed by atoms with van der Waals surface area (Å²) in [5, 5.41) is 2.95. The second kappa shape index (κ2) is 10.3. The van der Waals surface area contributed by atoms with Gasteiger partial charge in [-0.2, -0.15) is 0 Å². The lowest BCUT2D eigenvalue weighted by molar-refractivity contribution is -0.114. The molecule has 0 unspecified atom stereocenters. The number of rotatable bonds is 5. The van der Waals surface area contributed by atoms with Crippen LogP contribution in [0.3, 0.4) is 0 Å². The van der Waals surface area contributed by atoms with Crippen molar-refractivity contribution in [3.8, 4) is 5.75 Å². The molecule has 0 saturated heterocycles. The molecule has 0 fully saturated rings. The Morgan fingerprint density at radius 2 is 1.73 bits per heavy atom. The maximum Gasteiger partial charge on any atom is 0.271 e. The van der Waals surface area contributed by atoms with Crippen LogP contribution in [0.2, 0.25) is 0 Å². The van der Waals surface area contributed by atoms with Crippen molar-refractivity contribution in [3.05, 3.63) is 121 Å². The monoisotopic (exact) mass is 564 g/mol. The highest BCUT2D eigenvalue weighted by Crippen LogP contribution is 2.37. The van der Waals surface area contributed by atoms with Gasteiger partial charge in [0.1, 0.15) is 10.3 Å². The fourth-order valence-corrected chi connectivity index (χ4v) is 6.62. The second-order valence-electron chi connectivity index (χ2n) is 10.2. The fraction of sp³-hybridized carbons (Fsp3) is 0.188. The van der Waals surface area contributed by atoms with Gasteiger partial charge in [-0.1, -0.05) is 59.9 Å². The van der Waals surface area contributed by atoms with Crippen molar-refractivity contribution >= 4 is 40.1 Å². The Morgan fingerprint density at radius 1 is 1.00 bits per heavy atom. The average Bonchev–Trinajstić information content (AvgIpc) is 3.44.